The first-order chi connectivity index (χ1) is 15.5. The number of unbranched alkanes of at least 4 members (excludes halogenated alkanes) is 1. The summed E-state index contributed by atoms with van der Waals surface area (Å²) in [6.07, 6.45) is 1.57. The second kappa shape index (κ2) is 16.3. The lowest BCUT2D eigenvalue weighted by Gasteiger charge is -2.27. The number of aliphatic carboxylic acids is 2. The van der Waals surface area contributed by atoms with Crippen molar-refractivity contribution in [3.8, 4) is 0 Å². The quantitative estimate of drug-likeness (QED) is 0.0906. The molecule has 0 aliphatic heterocycles. The Morgan fingerprint density at radius 2 is 1.52 bits per heavy atom. The largest absolute Gasteiger partial charge is 0.481 e. The molecule has 0 aromatic carbocycles. The minimum absolute atomic E-state index is 0.150. The van der Waals surface area contributed by atoms with E-state index in [1.165, 1.54) is 0 Å². The first-order valence-electron chi connectivity index (χ1n) is 10.9. The number of hydrogen-bond acceptors (Lipinski definition) is 8. The van der Waals surface area contributed by atoms with Gasteiger partial charge in [0.15, 0.2) is 0 Å². The highest BCUT2D eigenvalue weighted by molar-refractivity contribution is 7.80. The molecule has 33 heavy (non-hydrogen) atoms. The van der Waals surface area contributed by atoms with E-state index in [1.807, 2.05) is 6.92 Å². The van der Waals surface area contributed by atoms with E-state index in [1.54, 1.807) is 6.92 Å². The van der Waals surface area contributed by atoms with E-state index in [0.29, 0.717) is 25.8 Å². The summed E-state index contributed by atoms with van der Waals surface area (Å²) in [6, 6.07) is -4.43. The minimum Gasteiger partial charge on any atom is -0.481 e. The van der Waals surface area contributed by atoms with E-state index >= 15 is 0 Å². The summed E-state index contributed by atoms with van der Waals surface area (Å²) in [4.78, 5) is 59.9. The van der Waals surface area contributed by atoms with Gasteiger partial charge in [0.25, 0.3) is 0 Å². The molecule has 0 aliphatic carbocycles. The fourth-order valence-electron chi connectivity index (χ4n) is 2.86. The fourth-order valence-corrected chi connectivity index (χ4v) is 3.11. The van der Waals surface area contributed by atoms with Gasteiger partial charge in [-0.2, -0.15) is 12.6 Å². The fraction of sp³-hybridized carbons (Fsp3) is 0.750. The Labute approximate surface area is 199 Å². The molecule has 0 saturated carbocycles. The Kier molecular flexibility index (Phi) is 15.1. The number of carboxylic acid groups (broad SMARTS) is 2. The van der Waals surface area contributed by atoms with Gasteiger partial charge in [-0.15, -0.1) is 0 Å². The van der Waals surface area contributed by atoms with Gasteiger partial charge in [-0.1, -0.05) is 26.7 Å². The third-order valence-corrected chi connectivity index (χ3v) is 5.54. The number of rotatable bonds is 17. The Bertz CT molecular complexity index is 679. The SMILES string of the molecule is CCC(C)C(NC(=O)C(N)CCCCN)C(=O)NC(CS)C(=O)NC(CCC(=O)O)C(=O)O. The minimum atomic E-state index is -1.44. The zero-order chi connectivity index (χ0) is 25.6. The van der Waals surface area contributed by atoms with Crippen LogP contribution in [0.5, 0.6) is 0 Å². The summed E-state index contributed by atoms with van der Waals surface area (Å²) in [5.41, 5.74) is 11.3. The second-order valence-corrected chi connectivity index (χ2v) is 8.20. The molecular formula is C20H37N5O7S. The summed E-state index contributed by atoms with van der Waals surface area (Å²) in [7, 11) is 0. The summed E-state index contributed by atoms with van der Waals surface area (Å²) in [5.74, 6) is -5.01. The number of hydrogen-bond donors (Lipinski definition) is 8. The smallest absolute Gasteiger partial charge is 0.326 e. The van der Waals surface area contributed by atoms with Gasteiger partial charge in [0, 0.05) is 12.2 Å². The lowest BCUT2D eigenvalue weighted by molar-refractivity contribution is -0.143. The van der Waals surface area contributed by atoms with Crippen LogP contribution in [-0.2, 0) is 24.0 Å². The van der Waals surface area contributed by atoms with E-state index < -0.39 is 60.2 Å². The van der Waals surface area contributed by atoms with Crippen molar-refractivity contribution in [2.45, 2.75) is 76.5 Å². The summed E-state index contributed by atoms with van der Waals surface area (Å²) >= 11 is 4.05. The van der Waals surface area contributed by atoms with Crippen molar-refractivity contribution >= 4 is 42.3 Å². The monoisotopic (exact) mass is 491 g/mol. The summed E-state index contributed by atoms with van der Waals surface area (Å²) in [6.45, 7) is 4.08. The first kappa shape index (κ1) is 30.6. The van der Waals surface area contributed by atoms with Gasteiger partial charge >= 0.3 is 11.9 Å². The predicted octanol–water partition coefficient (Wildman–Crippen LogP) is -1.18. The van der Waals surface area contributed by atoms with E-state index in [2.05, 4.69) is 28.6 Å². The van der Waals surface area contributed by atoms with Gasteiger partial charge in [-0.05, 0) is 31.7 Å². The van der Waals surface area contributed by atoms with E-state index in [-0.39, 0.29) is 18.1 Å². The molecule has 0 spiro atoms. The Morgan fingerprint density at radius 3 is 2.00 bits per heavy atom. The number of amides is 3. The van der Waals surface area contributed by atoms with E-state index in [4.69, 9.17) is 16.6 Å². The lowest BCUT2D eigenvalue weighted by atomic mass is 9.97. The molecule has 12 nitrogen and oxygen atoms in total. The van der Waals surface area contributed by atoms with Gasteiger partial charge in [0.2, 0.25) is 17.7 Å². The molecule has 3 amide bonds. The molecule has 13 heteroatoms. The Morgan fingerprint density at radius 1 is 0.909 bits per heavy atom. The van der Waals surface area contributed by atoms with Gasteiger partial charge in [-0.3, -0.25) is 19.2 Å². The van der Waals surface area contributed by atoms with Gasteiger partial charge < -0.3 is 37.6 Å². The standard InChI is InChI=1S/C20H37N5O7S/c1-3-11(2)16(25-17(28)12(22)6-4-5-9-21)19(30)24-14(10-33)18(29)23-13(20(31)32)7-8-15(26)27/h11-14,16,33H,3-10,21-22H2,1-2H3,(H,23,29)(H,24,30)(H,25,28)(H,26,27)(H,31,32). The maximum atomic E-state index is 12.9. The van der Waals surface area contributed by atoms with Crippen LogP contribution in [0.4, 0.5) is 0 Å². The summed E-state index contributed by atoms with van der Waals surface area (Å²) < 4.78 is 0. The number of thiol groups is 1. The highest BCUT2D eigenvalue weighted by Gasteiger charge is 2.32. The average Bonchev–Trinajstić information content (AvgIpc) is 2.76. The molecule has 0 aromatic rings. The number of carboxylic acids is 2. The van der Waals surface area contributed by atoms with E-state index in [9.17, 15) is 29.1 Å². The topological polar surface area (TPSA) is 214 Å². The van der Waals surface area contributed by atoms with Crippen LogP contribution in [0.2, 0.25) is 0 Å². The summed E-state index contributed by atoms with van der Waals surface area (Å²) in [5, 5.41) is 25.3. The van der Waals surface area contributed by atoms with Crippen LogP contribution >= 0.6 is 12.6 Å². The maximum Gasteiger partial charge on any atom is 0.326 e. The second-order valence-electron chi connectivity index (χ2n) is 7.84. The Hall–Kier alpha value is -2.38. The lowest BCUT2D eigenvalue weighted by Crippen LogP contribution is -2.59. The molecule has 0 bridgehead atoms. The zero-order valence-electron chi connectivity index (χ0n) is 19.1. The zero-order valence-corrected chi connectivity index (χ0v) is 20.0. The third-order valence-electron chi connectivity index (χ3n) is 5.18. The number of carbonyl (C=O) groups is 5. The highest BCUT2D eigenvalue weighted by atomic mass is 32.1. The van der Waals surface area contributed by atoms with Crippen LogP contribution in [0.1, 0.15) is 52.4 Å². The van der Waals surface area contributed by atoms with Crippen molar-refractivity contribution in [2.24, 2.45) is 17.4 Å². The molecule has 0 fully saturated rings. The van der Waals surface area contributed by atoms with Gasteiger partial charge in [0.1, 0.15) is 18.1 Å². The molecule has 0 heterocycles. The van der Waals surface area contributed by atoms with Gasteiger partial charge in [0.05, 0.1) is 6.04 Å². The van der Waals surface area contributed by atoms with Crippen molar-refractivity contribution in [1.29, 1.82) is 0 Å². The van der Waals surface area contributed by atoms with Crippen molar-refractivity contribution in [3.63, 3.8) is 0 Å². The first-order valence-corrected chi connectivity index (χ1v) is 11.5. The molecule has 5 unspecified atom stereocenters. The van der Waals surface area contributed by atoms with Crippen LogP contribution in [0, 0.1) is 5.92 Å². The normalized spacial score (nSPS) is 15.4. The van der Waals surface area contributed by atoms with Crippen molar-refractivity contribution in [1.82, 2.24) is 16.0 Å². The van der Waals surface area contributed by atoms with Gasteiger partial charge in [-0.25, -0.2) is 4.79 Å². The number of nitrogens with two attached hydrogens (primary N) is 2. The molecule has 0 rings (SSSR count). The molecular weight excluding hydrogens is 454 g/mol. The molecule has 0 aromatic heterocycles. The van der Waals surface area contributed by atoms with Crippen LogP contribution in [0.25, 0.3) is 0 Å². The number of carbonyl (C=O) groups excluding carboxylic acids is 3. The van der Waals surface area contributed by atoms with Crippen molar-refractivity contribution in [2.75, 3.05) is 12.3 Å². The molecule has 9 N–H and O–H groups in total. The highest BCUT2D eigenvalue weighted by Crippen LogP contribution is 2.10. The predicted molar refractivity (Wildman–Crippen MR) is 124 cm³/mol. The van der Waals surface area contributed by atoms with Crippen LogP contribution in [0.3, 0.4) is 0 Å². The Balaban J connectivity index is 5.21. The molecule has 5 atom stereocenters. The van der Waals surface area contributed by atoms with Crippen LogP contribution in [-0.4, -0.2) is 76.3 Å². The molecule has 0 aliphatic rings. The number of nitrogens with one attached hydrogen (secondary N) is 3. The molecule has 0 radical (unpaired) electrons. The molecule has 190 valence electrons. The average molecular weight is 492 g/mol. The van der Waals surface area contributed by atoms with Crippen molar-refractivity contribution in [3.05, 3.63) is 0 Å². The van der Waals surface area contributed by atoms with Crippen LogP contribution < -0.4 is 27.4 Å². The van der Waals surface area contributed by atoms with Crippen molar-refractivity contribution < 1.29 is 34.2 Å². The maximum absolute atomic E-state index is 12.9. The van der Waals surface area contributed by atoms with Crippen LogP contribution in [0.15, 0.2) is 0 Å². The third kappa shape index (κ3) is 11.9. The molecule has 0 saturated heterocycles. The van der Waals surface area contributed by atoms with E-state index in [0.717, 1.165) is 6.42 Å².